The van der Waals surface area contributed by atoms with Gasteiger partial charge in [0.15, 0.2) is 0 Å². The van der Waals surface area contributed by atoms with E-state index in [1.807, 2.05) is 0 Å². The molecule has 3 aromatic rings. The number of benzene rings is 1. The molecular formula is C17H16FN5O. The van der Waals surface area contributed by atoms with Crippen molar-refractivity contribution in [1.29, 1.82) is 0 Å². The Morgan fingerprint density at radius 2 is 2.00 bits per heavy atom. The first-order valence-corrected chi connectivity index (χ1v) is 7.80. The molecule has 1 N–H and O–H groups in total. The largest absolute Gasteiger partial charge is 0.352 e. The van der Waals surface area contributed by atoms with Gasteiger partial charge < -0.3 is 14.8 Å². The fraction of sp³-hybridized carbons (Fsp3) is 0.235. The number of rotatable bonds is 2. The number of anilines is 1. The van der Waals surface area contributed by atoms with Crippen LogP contribution < -0.4 is 4.90 Å². The van der Waals surface area contributed by atoms with Gasteiger partial charge in [0.25, 0.3) is 5.91 Å². The summed E-state index contributed by atoms with van der Waals surface area (Å²) in [5, 5.41) is 0.444. The summed E-state index contributed by atoms with van der Waals surface area (Å²) in [6, 6.07) is 6.37. The lowest BCUT2D eigenvalue weighted by atomic mass is 10.2. The molecule has 1 amide bonds. The maximum absolute atomic E-state index is 13.8. The molecule has 0 aliphatic carbocycles. The lowest BCUT2D eigenvalue weighted by Gasteiger charge is -2.35. The predicted octanol–water partition coefficient (Wildman–Crippen LogP) is 2.06. The lowest BCUT2D eigenvalue weighted by molar-refractivity contribution is 0.0741. The molecule has 1 saturated heterocycles. The van der Waals surface area contributed by atoms with E-state index >= 15 is 0 Å². The third-order valence-corrected chi connectivity index (χ3v) is 4.28. The molecule has 2 aromatic heterocycles. The minimum Gasteiger partial charge on any atom is -0.352 e. The van der Waals surface area contributed by atoms with E-state index in [2.05, 4.69) is 19.9 Å². The molecule has 0 radical (unpaired) electrons. The Hall–Kier alpha value is -2.96. The molecule has 1 aliphatic heterocycles. The van der Waals surface area contributed by atoms with Crippen molar-refractivity contribution in [3.8, 4) is 0 Å². The predicted molar refractivity (Wildman–Crippen MR) is 88.4 cm³/mol. The van der Waals surface area contributed by atoms with Crippen LogP contribution in [0.3, 0.4) is 0 Å². The molecule has 24 heavy (non-hydrogen) atoms. The van der Waals surface area contributed by atoms with Crippen LogP contribution in [0.15, 0.2) is 42.9 Å². The number of nitrogens with zero attached hydrogens (tertiary/aromatic N) is 4. The number of amides is 1. The first kappa shape index (κ1) is 14.6. The van der Waals surface area contributed by atoms with E-state index in [1.54, 1.807) is 41.7 Å². The van der Waals surface area contributed by atoms with Crippen molar-refractivity contribution >= 4 is 22.6 Å². The summed E-state index contributed by atoms with van der Waals surface area (Å²) in [6.45, 7) is 2.57. The number of aromatic amines is 1. The van der Waals surface area contributed by atoms with Crippen LogP contribution in [0, 0.1) is 5.82 Å². The third-order valence-electron chi connectivity index (χ3n) is 4.28. The van der Waals surface area contributed by atoms with Gasteiger partial charge in [-0.1, -0.05) is 6.07 Å². The monoisotopic (exact) mass is 325 g/mol. The van der Waals surface area contributed by atoms with Gasteiger partial charge in [0.05, 0.1) is 6.20 Å². The molecular weight excluding hydrogens is 309 g/mol. The molecule has 3 heterocycles. The zero-order valence-electron chi connectivity index (χ0n) is 12.9. The second kappa shape index (κ2) is 5.92. The van der Waals surface area contributed by atoms with Gasteiger partial charge in [0, 0.05) is 49.5 Å². The molecule has 122 valence electrons. The molecule has 6 nitrogen and oxygen atoms in total. The number of carbonyl (C=O) groups is 1. The molecule has 0 bridgehead atoms. The van der Waals surface area contributed by atoms with Crippen molar-refractivity contribution in [1.82, 2.24) is 19.9 Å². The Morgan fingerprint density at radius 1 is 1.17 bits per heavy atom. The van der Waals surface area contributed by atoms with Crippen molar-refractivity contribution in [2.45, 2.75) is 0 Å². The quantitative estimate of drug-likeness (QED) is 0.783. The van der Waals surface area contributed by atoms with E-state index in [9.17, 15) is 9.18 Å². The summed E-state index contributed by atoms with van der Waals surface area (Å²) in [7, 11) is 0. The summed E-state index contributed by atoms with van der Waals surface area (Å²) < 4.78 is 13.8. The van der Waals surface area contributed by atoms with E-state index in [-0.39, 0.29) is 11.7 Å². The highest BCUT2D eigenvalue weighted by Gasteiger charge is 2.24. The van der Waals surface area contributed by atoms with Crippen molar-refractivity contribution in [3.63, 3.8) is 0 Å². The molecule has 1 aromatic carbocycles. The van der Waals surface area contributed by atoms with Gasteiger partial charge in [-0.05, 0) is 18.2 Å². The van der Waals surface area contributed by atoms with Crippen LogP contribution >= 0.6 is 0 Å². The van der Waals surface area contributed by atoms with E-state index in [0.29, 0.717) is 42.8 Å². The number of piperazine rings is 1. The lowest BCUT2D eigenvalue weighted by Crippen LogP contribution is -2.49. The average Bonchev–Trinajstić information content (AvgIpc) is 3.08. The van der Waals surface area contributed by atoms with Gasteiger partial charge in [-0.25, -0.2) is 9.37 Å². The Morgan fingerprint density at radius 3 is 2.71 bits per heavy atom. The highest BCUT2D eigenvalue weighted by Crippen LogP contribution is 2.20. The fourth-order valence-electron chi connectivity index (χ4n) is 3.00. The molecule has 0 spiro atoms. The molecule has 1 fully saturated rings. The van der Waals surface area contributed by atoms with Gasteiger partial charge in [0.2, 0.25) is 0 Å². The number of fused-ring (bicyclic) bond motifs is 1. The summed E-state index contributed by atoms with van der Waals surface area (Å²) in [5.74, 6) is 0.386. The van der Waals surface area contributed by atoms with Gasteiger partial charge in [-0.2, -0.15) is 0 Å². The molecule has 7 heteroatoms. The second-order valence-corrected chi connectivity index (χ2v) is 5.73. The molecule has 0 atom stereocenters. The van der Waals surface area contributed by atoms with Crippen LogP contribution in [0.2, 0.25) is 0 Å². The number of aromatic nitrogens is 3. The van der Waals surface area contributed by atoms with E-state index in [4.69, 9.17) is 0 Å². The average molecular weight is 325 g/mol. The van der Waals surface area contributed by atoms with Gasteiger partial charge in [-0.3, -0.25) is 9.78 Å². The minimum atomic E-state index is -0.324. The standard InChI is InChI=1S/C17H16FN5O/c18-13-2-1-3-14-12(13)10-15(21-14)17(24)23-8-6-22(7-9-23)16-11-19-4-5-20-16/h1-5,10-11,21H,6-9H2. The summed E-state index contributed by atoms with van der Waals surface area (Å²) in [5.41, 5.74) is 1.06. The van der Waals surface area contributed by atoms with Gasteiger partial charge >= 0.3 is 0 Å². The summed E-state index contributed by atoms with van der Waals surface area (Å²) in [6.07, 6.45) is 5.02. The maximum Gasteiger partial charge on any atom is 0.270 e. The zero-order valence-corrected chi connectivity index (χ0v) is 12.9. The first-order chi connectivity index (χ1) is 11.7. The Labute approximate surface area is 137 Å². The van der Waals surface area contributed by atoms with Crippen LogP contribution in [0.5, 0.6) is 0 Å². The second-order valence-electron chi connectivity index (χ2n) is 5.73. The number of nitrogens with one attached hydrogen (secondary N) is 1. The molecule has 1 aliphatic rings. The first-order valence-electron chi connectivity index (χ1n) is 7.80. The Balaban J connectivity index is 1.48. The summed E-state index contributed by atoms with van der Waals surface area (Å²) >= 11 is 0. The van der Waals surface area contributed by atoms with E-state index in [0.717, 1.165) is 5.82 Å². The zero-order chi connectivity index (χ0) is 16.5. The summed E-state index contributed by atoms with van der Waals surface area (Å²) in [4.78, 5) is 27.9. The highest BCUT2D eigenvalue weighted by atomic mass is 19.1. The maximum atomic E-state index is 13.8. The highest BCUT2D eigenvalue weighted by molar-refractivity contribution is 5.98. The SMILES string of the molecule is O=C(c1cc2c(F)cccc2[nH]1)N1CCN(c2cnccn2)CC1. The number of carbonyl (C=O) groups excluding carboxylic acids is 1. The van der Waals surface area contributed by atoms with Crippen molar-refractivity contribution in [3.05, 3.63) is 54.4 Å². The third kappa shape index (κ3) is 2.58. The molecule has 0 saturated carbocycles. The number of hydrogen-bond acceptors (Lipinski definition) is 4. The van der Waals surface area contributed by atoms with E-state index in [1.165, 1.54) is 6.07 Å². The Kier molecular flexibility index (Phi) is 3.60. The van der Waals surface area contributed by atoms with E-state index < -0.39 is 0 Å². The van der Waals surface area contributed by atoms with Crippen molar-refractivity contribution in [2.24, 2.45) is 0 Å². The van der Waals surface area contributed by atoms with Crippen LogP contribution in [-0.4, -0.2) is 51.9 Å². The molecule has 0 unspecified atom stereocenters. The van der Waals surface area contributed by atoms with Crippen LogP contribution in [0.25, 0.3) is 10.9 Å². The van der Waals surface area contributed by atoms with Crippen molar-refractivity contribution < 1.29 is 9.18 Å². The van der Waals surface area contributed by atoms with Crippen LogP contribution in [-0.2, 0) is 0 Å². The van der Waals surface area contributed by atoms with Crippen LogP contribution in [0.4, 0.5) is 10.2 Å². The number of halogens is 1. The van der Waals surface area contributed by atoms with Crippen molar-refractivity contribution in [2.75, 3.05) is 31.1 Å². The topological polar surface area (TPSA) is 65.1 Å². The van der Waals surface area contributed by atoms with Crippen LogP contribution in [0.1, 0.15) is 10.5 Å². The number of H-pyrrole nitrogens is 1. The number of hydrogen-bond donors (Lipinski definition) is 1. The van der Waals surface area contributed by atoms with Gasteiger partial charge in [-0.15, -0.1) is 0 Å². The molecule has 4 rings (SSSR count). The normalized spacial score (nSPS) is 15.0. The Bertz CT molecular complexity index is 871. The minimum absolute atomic E-state index is 0.107. The smallest absolute Gasteiger partial charge is 0.270 e. The van der Waals surface area contributed by atoms with Gasteiger partial charge in [0.1, 0.15) is 17.3 Å². The fourth-order valence-corrected chi connectivity index (χ4v) is 3.00.